The molecule has 0 aromatic carbocycles. The van der Waals surface area contributed by atoms with Crippen LogP contribution in [0.2, 0.25) is 0 Å². The molecule has 1 fully saturated rings. The van der Waals surface area contributed by atoms with Crippen molar-refractivity contribution >= 4 is 17.3 Å². The lowest BCUT2D eigenvalue weighted by atomic mass is 9.84. The number of nitrogen functional groups attached to an aromatic ring is 1. The van der Waals surface area contributed by atoms with Gasteiger partial charge in [0.25, 0.3) is 5.69 Å². The summed E-state index contributed by atoms with van der Waals surface area (Å²) in [6.07, 6.45) is 5.78. The van der Waals surface area contributed by atoms with Crippen LogP contribution in [0.15, 0.2) is 12.1 Å². The Bertz CT molecular complexity index is 472. The second-order valence-electron chi connectivity index (χ2n) is 5.27. The maximum absolute atomic E-state index is 10.9. The number of aromatic nitrogens is 1. The van der Waals surface area contributed by atoms with E-state index in [0.717, 1.165) is 18.8 Å². The Hall–Kier alpha value is -1.89. The van der Waals surface area contributed by atoms with Crippen LogP contribution < -0.4 is 16.6 Å². The van der Waals surface area contributed by atoms with Gasteiger partial charge in [0.15, 0.2) is 0 Å². The van der Waals surface area contributed by atoms with Crippen molar-refractivity contribution in [1.29, 1.82) is 0 Å². The molecule has 110 valence electrons. The predicted octanol–water partition coefficient (Wildman–Crippen LogP) is 2.66. The van der Waals surface area contributed by atoms with Gasteiger partial charge in [-0.05, 0) is 31.6 Å². The molecule has 1 aliphatic rings. The highest BCUT2D eigenvalue weighted by molar-refractivity contribution is 5.54. The lowest BCUT2D eigenvalue weighted by molar-refractivity contribution is -0.384. The molecule has 20 heavy (non-hydrogen) atoms. The van der Waals surface area contributed by atoms with Gasteiger partial charge in [0.2, 0.25) is 0 Å². The van der Waals surface area contributed by atoms with E-state index in [1.807, 2.05) is 0 Å². The Kier molecular flexibility index (Phi) is 4.73. The van der Waals surface area contributed by atoms with Crippen molar-refractivity contribution < 1.29 is 4.92 Å². The number of rotatable bonds is 5. The minimum atomic E-state index is -0.443. The molecule has 2 rings (SSSR count). The van der Waals surface area contributed by atoms with Crippen LogP contribution in [0, 0.1) is 16.0 Å². The van der Waals surface area contributed by atoms with Gasteiger partial charge in [-0.2, -0.15) is 0 Å². The number of pyridine rings is 1. The highest BCUT2D eigenvalue weighted by Crippen LogP contribution is 2.29. The van der Waals surface area contributed by atoms with Crippen LogP contribution in [0.25, 0.3) is 0 Å². The summed E-state index contributed by atoms with van der Waals surface area (Å²) >= 11 is 0. The van der Waals surface area contributed by atoms with Crippen molar-refractivity contribution in [3.05, 3.63) is 22.2 Å². The highest BCUT2D eigenvalue weighted by atomic mass is 16.6. The third-order valence-corrected chi connectivity index (χ3v) is 3.94. The first-order chi connectivity index (χ1) is 9.62. The Morgan fingerprint density at radius 2 is 2.00 bits per heavy atom. The van der Waals surface area contributed by atoms with Crippen molar-refractivity contribution in [2.45, 2.75) is 45.1 Å². The highest BCUT2D eigenvalue weighted by Gasteiger charge is 2.21. The van der Waals surface area contributed by atoms with E-state index in [4.69, 9.17) is 5.84 Å². The Morgan fingerprint density at radius 3 is 2.55 bits per heavy atom. The van der Waals surface area contributed by atoms with Gasteiger partial charge >= 0.3 is 0 Å². The summed E-state index contributed by atoms with van der Waals surface area (Å²) in [5.74, 6) is 6.91. The second kappa shape index (κ2) is 6.51. The van der Waals surface area contributed by atoms with Gasteiger partial charge in [0, 0.05) is 6.04 Å². The van der Waals surface area contributed by atoms with Crippen molar-refractivity contribution in [2.75, 3.05) is 10.7 Å². The van der Waals surface area contributed by atoms with Crippen LogP contribution in [-0.4, -0.2) is 15.9 Å². The molecule has 4 N–H and O–H groups in total. The molecule has 7 nitrogen and oxygen atoms in total. The third kappa shape index (κ3) is 3.57. The van der Waals surface area contributed by atoms with E-state index < -0.39 is 4.92 Å². The third-order valence-electron chi connectivity index (χ3n) is 3.94. The predicted molar refractivity (Wildman–Crippen MR) is 78.4 cm³/mol. The molecule has 0 amide bonds. The Labute approximate surface area is 118 Å². The fraction of sp³-hybridized carbons (Fsp3) is 0.615. The van der Waals surface area contributed by atoms with Crippen LogP contribution in [0.4, 0.5) is 17.3 Å². The summed E-state index contributed by atoms with van der Waals surface area (Å²) < 4.78 is 0. The first-order valence-electron chi connectivity index (χ1n) is 7.02. The summed E-state index contributed by atoms with van der Waals surface area (Å²) in [4.78, 5) is 14.6. The zero-order valence-electron chi connectivity index (χ0n) is 11.6. The molecular formula is C13H21N5O2. The van der Waals surface area contributed by atoms with E-state index in [0.29, 0.717) is 17.7 Å². The van der Waals surface area contributed by atoms with E-state index in [1.54, 1.807) is 0 Å². The van der Waals surface area contributed by atoms with Crippen LogP contribution in [-0.2, 0) is 0 Å². The van der Waals surface area contributed by atoms with Crippen molar-refractivity contribution in [2.24, 2.45) is 11.8 Å². The lowest BCUT2D eigenvalue weighted by Crippen LogP contribution is -2.26. The maximum Gasteiger partial charge on any atom is 0.276 e. The van der Waals surface area contributed by atoms with Crippen LogP contribution in [0.3, 0.4) is 0 Å². The smallest absolute Gasteiger partial charge is 0.276 e. The summed E-state index contributed by atoms with van der Waals surface area (Å²) in [7, 11) is 0. The fourth-order valence-corrected chi connectivity index (χ4v) is 2.69. The number of nitrogens with zero attached hydrogens (tertiary/aromatic N) is 2. The number of nitro groups is 1. The standard InChI is InChI=1S/C13H21N5O2/c1-2-9-3-5-10(6-4-9)15-12-7-11(18(19)20)8-13(16-12)17-14/h7-10H,2-6,14H2,1H3,(H2,15,16,17). The number of hydrogen-bond donors (Lipinski definition) is 3. The number of nitrogens with one attached hydrogen (secondary N) is 2. The van der Waals surface area contributed by atoms with E-state index in [9.17, 15) is 10.1 Å². The van der Waals surface area contributed by atoms with E-state index in [1.165, 1.54) is 31.4 Å². The molecule has 1 heterocycles. The molecule has 0 unspecified atom stereocenters. The molecule has 0 bridgehead atoms. The van der Waals surface area contributed by atoms with Gasteiger partial charge < -0.3 is 10.7 Å². The van der Waals surface area contributed by atoms with Crippen LogP contribution in [0.5, 0.6) is 0 Å². The summed E-state index contributed by atoms with van der Waals surface area (Å²) in [6, 6.07) is 3.10. The summed E-state index contributed by atoms with van der Waals surface area (Å²) in [5, 5.41) is 14.2. The second-order valence-corrected chi connectivity index (χ2v) is 5.27. The Balaban J connectivity index is 2.05. The molecule has 0 atom stereocenters. The molecule has 0 spiro atoms. The van der Waals surface area contributed by atoms with Crippen molar-refractivity contribution in [3.8, 4) is 0 Å². The van der Waals surface area contributed by atoms with Crippen LogP contribution >= 0.6 is 0 Å². The van der Waals surface area contributed by atoms with E-state index in [-0.39, 0.29) is 5.69 Å². The average molecular weight is 279 g/mol. The van der Waals surface area contributed by atoms with Gasteiger partial charge in [-0.3, -0.25) is 10.1 Å². The minimum Gasteiger partial charge on any atom is -0.367 e. The monoisotopic (exact) mass is 279 g/mol. The zero-order chi connectivity index (χ0) is 14.5. The van der Waals surface area contributed by atoms with Gasteiger partial charge in [0.05, 0.1) is 17.1 Å². The first kappa shape index (κ1) is 14.5. The summed E-state index contributed by atoms with van der Waals surface area (Å²) in [5.41, 5.74) is 2.34. The molecule has 0 saturated heterocycles. The number of anilines is 2. The minimum absolute atomic E-state index is 0.0160. The zero-order valence-corrected chi connectivity index (χ0v) is 11.6. The maximum atomic E-state index is 10.9. The van der Waals surface area contributed by atoms with E-state index in [2.05, 4.69) is 22.7 Å². The summed E-state index contributed by atoms with van der Waals surface area (Å²) in [6.45, 7) is 2.22. The molecule has 1 aromatic heterocycles. The lowest BCUT2D eigenvalue weighted by Gasteiger charge is -2.28. The van der Waals surface area contributed by atoms with E-state index >= 15 is 0 Å². The molecule has 0 aliphatic heterocycles. The molecule has 1 aliphatic carbocycles. The topological polar surface area (TPSA) is 106 Å². The van der Waals surface area contributed by atoms with Gasteiger partial charge in [0.1, 0.15) is 11.6 Å². The van der Waals surface area contributed by atoms with Crippen molar-refractivity contribution in [1.82, 2.24) is 4.98 Å². The Morgan fingerprint density at radius 1 is 1.35 bits per heavy atom. The van der Waals surface area contributed by atoms with Gasteiger partial charge in [-0.25, -0.2) is 10.8 Å². The SMILES string of the molecule is CCC1CCC(Nc2cc([N+](=O)[O-])cc(NN)n2)CC1. The van der Waals surface area contributed by atoms with Gasteiger partial charge in [-0.15, -0.1) is 0 Å². The number of nitrogens with two attached hydrogens (primary N) is 1. The molecule has 1 aromatic rings. The average Bonchev–Trinajstić information content (AvgIpc) is 2.47. The number of hydrazine groups is 1. The molecular weight excluding hydrogens is 258 g/mol. The molecule has 0 radical (unpaired) electrons. The molecule has 1 saturated carbocycles. The van der Waals surface area contributed by atoms with Crippen LogP contribution in [0.1, 0.15) is 39.0 Å². The fourth-order valence-electron chi connectivity index (χ4n) is 2.69. The van der Waals surface area contributed by atoms with Crippen molar-refractivity contribution in [3.63, 3.8) is 0 Å². The quantitative estimate of drug-likeness (QED) is 0.434. The largest absolute Gasteiger partial charge is 0.367 e. The van der Waals surface area contributed by atoms with Gasteiger partial charge in [-0.1, -0.05) is 13.3 Å². The molecule has 7 heteroatoms. The normalized spacial score (nSPS) is 22.3. The first-order valence-corrected chi connectivity index (χ1v) is 7.02. The number of hydrogen-bond acceptors (Lipinski definition) is 6.